The van der Waals surface area contributed by atoms with E-state index in [0.717, 1.165) is 32.1 Å². The molecular formula is C53H98O26. The van der Waals surface area contributed by atoms with Crippen molar-refractivity contribution in [3.05, 3.63) is 0 Å². The zero-order valence-electron chi connectivity index (χ0n) is 47.5. The molecule has 10 unspecified atom stereocenters. The molecule has 0 aliphatic carbocycles. The molecule has 0 radical (unpaired) electrons. The molecule has 0 aromatic heterocycles. The second-order valence-electron chi connectivity index (χ2n) is 21.0. The van der Waals surface area contributed by atoms with E-state index in [-0.39, 0.29) is 52.5 Å². The normalized spacial score (nSPS) is 41.2. The van der Waals surface area contributed by atoms with E-state index in [1.807, 2.05) is 0 Å². The van der Waals surface area contributed by atoms with E-state index in [2.05, 4.69) is 6.92 Å². The van der Waals surface area contributed by atoms with Gasteiger partial charge in [-0.25, -0.2) is 0 Å². The number of unbranched alkanes of at least 4 members (excludes halogenated alkanes) is 4. The molecule has 0 aromatic rings. The molecular weight excluding hydrogens is 1050 g/mol. The van der Waals surface area contributed by atoms with Gasteiger partial charge in [0.25, 0.3) is 0 Å². The summed E-state index contributed by atoms with van der Waals surface area (Å²) in [7, 11) is 10.0. The molecule has 5 rings (SSSR count). The predicted octanol–water partition coefficient (Wildman–Crippen LogP) is -1.84. The van der Waals surface area contributed by atoms with Crippen molar-refractivity contribution in [2.24, 2.45) is 41.4 Å². The van der Waals surface area contributed by atoms with Crippen molar-refractivity contribution in [2.45, 2.75) is 163 Å². The summed E-state index contributed by atoms with van der Waals surface area (Å²) in [6.45, 7) is -1.38. The Balaban J connectivity index is 1.51. The lowest BCUT2D eigenvalue weighted by atomic mass is 9.80. The van der Waals surface area contributed by atoms with Crippen LogP contribution in [0, 0.1) is 41.4 Å². The average Bonchev–Trinajstić information content (AvgIpc) is 3.56. The minimum atomic E-state index is -1.38. The first kappa shape index (κ1) is 68.7. The first-order chi connectivity index (χ1) is 38.5. The molecule has 466 valence electrons. The minimum Gasteiger partial charge on any atom is -0.396 e. The highest BCUT2D eigenvalue weighted by molar-refractivity contribution is 5.00. The van der Waals surface area contributed by atoms with Crippen LogP contribution in [0.15, 0.2) is 0 Å². The van der Waals surface area contributed by atoms with Crippen LogP contribution in [-0.4, -0.2) is 292 Å². The maximum absolute atomic E-state index is 11.2. The standard InChI is InChI=1S/C53H98O26/c1-9-10-11-12-13-18-70-49-45(32(22-59)30(20-57)36(71-49)14-16-54)79-53-48(69-8)43(35(25-62)40(75-53)28-65-4)78-52-47(68-7)42(34(24-61)39(74-52)27-64-3)77-51-46(67-6)41(33(23-60)38(73-51)26-63-2)76-50-44(66-5)31(21-58)29(19-56)37(72-50)15-17-55/h29-62H,9-28H2,1-8H3/t29-,30-,31-,32-,33+,34+,35+,36?,37?,38?,39?,40?,41-,42-,43-,44?,45?,46?,47?,48?,49-,50+,51+,52+,53+/m0/s1. The molecule has 0 aromatic carbocycles. The molecule has 5 heterocycles. The number of aliphatic hydroxyl groups is 9. The Morgan fingerprint density at radius 3 is 0.962 bits per heavy atom. The average molecular weight is 1150 g/mol. The zero-order chi connectivity index (χ0) is 57.6. The second kappa shape index (κ2) is 36.1. The molecule has 0 bridgehead atoms. The van der Waals surface area contributed by atoms with E-state index in [4.69, 9.17) is 80.5 Å². The molecule has 9 N–H and O–H groups in total. The van der Waals surface area contributed by atoms with E-state index in [9.17, 15) is 46.0 Å². The van der Waals surface area contributed by atoms with Crippen LogP contribution in [0.25, 0.3) is 0 Å². The van der Waals surface area contributed by atoms with Crippen molar-refractivity contribution < 1.29 is 126 Å². The summed E-state index contributed by atoms with van der Waals surface area (Å²) >= 11 is 0. The summed E-state index contributed by atoms with van der Waals surface area (Å²) in [5.74, 6) is -5.33. The van der Waals surface area contributed by atoms with Gasteiger partial charge in [0.1, 0.15) is 30.5 Å². The van der Waals surface area contributed by atoms with Gasteiger partial charge in [-0.05, 0) is 19.3 Å². The third-order valence-electron chi connectivity index (χ3n) is 16.5. The van der Waals surface area contributed by atoms with Crippen LogP contribution < -0.4 is 0 Å². The molecule has 26 heteroatoms. The summed E-state index contributed by atoms with van der Waals surface area (Å²) in [4.78, 5) is 0. The molecule has 5 aliphatic heterocycles. The maximum Gasteiger partial charge on any atom is 0.187 e. The third kappa shape index (κ3) is 16.9. The molecule has 5 fully saturated rings. The van der Waals surface area contributed by atoms with Gasteiger partial charge in [-0.2, -0.15) is 0 Å². The second-order valence-corrected chi connectivity index (χ2v) is 21.0. The van der Waals surface area contributed by atoms with E-state index in [1.54, 1.807) is 0 Å². The van der Waals surface area contributed by atoms with Crippen molar-refractivity contribution in [2.75, 3.05) is 136 Å². The van der Waals surface area contributed by atoms with E-state index >= 15 is 0 Å². The lowest BCUT2D eigenvalue weighted by Crippen LogP contribution is -2.67. The lowest BCUT2D eigenvalue weighted by molar-refractivity contribution is -0.394. The van der Waals surface area contributed by atoms with Crippen molar-refractivity contribution >= 4 is 0 Å². The molecule has 25 atom stereocenters. The van der Waals surface area contributed by atoms with Crippen LogP contribution in [0.5, 0.6) is 0 Å². The van der Waals surface area contributed by atoms with Gasteiger partial charge >= 0.3 is 0 Å². The van der Waals surface area contributed by atoms with Gasteiger partial charge in [-0.3, -0.25) is 0 Å². The molecule has 26 nitrogen and oxygen atoms in total. The SMILES string of the molecule is CCCCCCCO[C@H]1OC(CCO)[C@@H](CO)[C@H](CO)C1O[C@H]1OC(COC)[C@@H](CO)[C@H](O[C@H]2OC(COC)[C@@H](CO)[C@H](O[C@H]3OC(COC)[C@@H](CO)[C@H](O[C@H]4OC(CCO)[C@@H](CO)[C@H](CO)C4OC)C3OC)C2OC)C1OC. The summed E-state index contributed by atoms with van der Waals surface area (Å²) in [6, 6.07) is 0. The number of rotatable bonds is 36. The predicted molar refractivity (Wildman–Crippen MR) is 274 cm³/mol. The Hall–Kier alpha value is -1.04. The van der Waals surface area contributed by atoms with Gasteiger partial charge < -0.3 is 126 Å². The van der Waals surface area contributed by atoms with Gasteiger partial charge in [0, 0.05) is 137 Å². The van der Waals surface area contributed by atoms with Crippen molar-refractivity contribution in [1.82, 2.24) is 0 Å². The fraction of sp³-hybridized carbons (Fsp3) is 1.00. The Morgan fingerprint density at radius 1 is 0.316 bits per heavy atom. The van der Waals surface area contributed by atoms with E-state index < -0.39 is 192 Å². The van der Waals surface area contributed by atoms with Gasteiger partial charge in [-0.1, -0.05) is 32.6 Å². The largest absolute Gasteiger partial charge is 0.396 e. The summed E-state index contributed by atoms with van der Waals surface area (Å²) in [5.41, 5.74) is 0. The van der Waals surface area contributed by atoms with E-state index in [0.29, 0.717) is 6.61 Å². The van der Waals surface area contributed by atoms with Crippen LogP contribution in [-0.2, 0) is 80.5 Å². The third-order valence-corrected chi connectivity index (χ3v) is 16.5. The molecule has 79 heavy (non-hydrogen) atoms. The number of hydrogen-bond donors (Lipinski definition) is 9. The van der Waals surface area contributed by atoms with Crippen molar-refractivity contribution in [3.8, 4) is 0 Å². The van der Waals surface area contributed by atoms with Crippen LogP contribution in [0.2, 0.25) is 0 Å². The Kier molecular flexibility index (Phi) is 31.4. The highest BCUT2D eigenvalue weighted by Gasteiger charge is 2.58. The first-order valence-corrected chi connectivity index (χ1v) is 28.1. The fourth-order valence-corrected chi connectivity index (χ4v) is 12.3. The highest BCUT2D eigenvalue weighted by atomic mass is 16.8. The minimum absolute atomic E-state index is 0.0503. The molecule has 0 saturated carbocycles. The summed E-state index contributed by atoms with van der Waals surface area (Å²) < 4.78 is 108. The van der Waals surface area contributed by atoms with Gasteiger partial charge in [0.2, 0.25) is 0 Å². The Morgan fingerprint density at radius 2 is 0.633 bits per heavy atom. The van der Waals surface area contributed by atoms with E-state index in [1.165, 1.54) is 49.8 Å². The van der Waals surface area contributed by atoms with Gasteiger partial charge in [0.15, 0.2) is 31.5 Å². The maximum atomic E-state index is 11.2. The van der Waals surface area contributed by atoms with Crippen molar-refractivity contribution in [3.63, 3.8) is 0 Å². The van der Waals surface area contributed by atoms with Crippen LogP contribution in [0.4, 0.5) is 0 Å². The van der Waals surface area contributed by atoms with Crippen LogP contribution in [0.1, 0.15) is 51.9 Å². The highest BCUT2D eigenvalue weighted by Crippen LogP contribution is 2.43. The Labute approximate surface area is 465 Å². The van der Waals surface area contributed by atoms with Crippen molar-refractivity contribution in [1.29, 1.82) is 0 Å². The van der Waals surface area contributed by atoms with Gasteiger partial charge in [0.05, 0.1) is 88.5 Å². The monoisotopic (exact) mass is 1150 g/mol. The quantitative estimate of drug-likeness (QED) is 0.0311. The number of methoxy groups -OCH3 is 7. The van der Waals surface area contributed by atoms with Gasteiger partial charge in [-0.15, -0.1) is 0 Å². The van der Waals surface area contributed by atoms with Crippen LogP contribution in [0.3, 0.4) is 0 Å². The topological polar surface area (TPSA) is 339 Å². The zero-order valence-corrected chi connectivity index (χ0v) is 47.5. The van der Waals surface area contributed by atoms with Crippen LogP contribution >= 0.6 is 0 Å². The molecule has 5 aliphatic rings. The first-order valence-electron chi connectivity index (χ1n) is 28.1. The smallest absolute Gasteiger partial charge is 0.187 e. The number of ether oxygens (including phenoxy) is 17. The number of aliphatic hydroxyl groups excluding tert-OH is 9. The summed E-state index contributed by atoms with van der Waals surface area (Å²) in [5, 5.41) is 96.0. The number of hydrogen-bond acceptors (Lipinski definition) is 26. The summed E-state index contributed by atoms with van der Waals surface area (Å²) in [6.07, 6.45) is -14.3. The molecule has 5 saturated heterocycles. The Bertz CT molecular complexity index is 1600. The fourth-order valence-electron chi connectivity index (χ4n) is 12.3. The molecule has 0 amide bonds. The lowest BCUT2D eigenvalue weighted by Gasteiger charge is -2.53. The molecule has 0 spiro atoms.